The summed E-state index contributed by atoms with van der Waals surface area (Å²) in [6, 6.07) is 15.4. The van der Waals surface area contributed by atoms with Gasteiger partial charge >= 0.3 is 0 Å². The van der Waals surface area contributed by atoms with Gasteiger partial charge in [-0.15, -0.1) is 0 Å². The topological polar surface area (TPSA) is 41.5 Å². The third-order valence-corrected chi connectivity index (χ3v) is 3.11. The Morgan fingerprint density at radius 3 is 2.47 bits per heavy atom. The summed E-state index contributed by atoms with van der Waals surface area (Å²) in [5.74, 6) is 1.13. The summed E-state index contributed by atoms with van der Waals surface area (Å²) >= 11 is 0. The number of rotatable bonds is 5. The number of hydrogen-bond acceptors (Lipinski definition) is 3. The lowest BCUT2D eigenvalue weighted by molar-refractivity contribution is 0.414. The van der Waals surface area contributed by atoms with Crippen LogP contribution in [0.25, 0.3) is 0 Å². The van der Waals surface area contributed by atoms with E-state index in [0.29, 0.717) is 0 Å². The summed E-state index contributed by atoms with van der Waals surface area (Å²) in [6.45, 7) is 2.13. The first-order chi connectivity index (χ1) is 9.22. The van der Waals surface area contributed by atoms with Gasteiger partial charge in [-0.2, -0.15) is 0 Å². The predicted octanol–water partition coefficient (Wildman–Crippen LogP) is 3.96. The molecular weight excluding hydrogens is 238 g/mol. The number of methoxy groups -OCH3 is 1. The molecule has 0 spiro atoms. The van der Waals surface area contributed by atoms with Crippen molar-refractivity contribution in [3.8, 4) is 11.5 Å². The lowest BCUT2D eigenvalue weighted by Crippen LogP contribution is -2.09. The summed E-state index contributed by atoms with van der Waals surface area (Å²) in [7, 11) is 1.66. The first-order valence-corrected chi connectivity index (χ1v) is 6.42. The van der Waals surface area contributed by atoms with E-state index in [1.54, 1.807) is 19.2 Å². The fraction of sp³-hybridized carbons (Fsp3) is 0.250. The minimum Gasteiger partial charge on any atom is -0.508 e. The van der Waals surface area contributed by atoms with E-state index in [1.165, 1.54) is 5.56 Å². The molecule has 0 bridgehead atoms. The molecular formula is C16H19NO2. The van der Waals surface area contributed by atoms with Gasteiger partial charge in [0.05, 0.1) is 13.2 Å². The molecule has 0 radical (unpaired) electrons. The molecule has 3 heteroatoms. The Labute approximate surface area is 113 Å². The average Bonchev–Trinajstić information content (AvgIpc) is 2.45. The Bertz CT molecular complexity index is 523. The van der Waals surface area contributed by atoms with E-state index in [4.69, 9.17) is 4.74 Å². The van der Waals surface area contributed by atoms with Gasteiger partial charge < -0.3 is 15.2 Å². The number of anilines is 1. The van der Waals surface area contributed by atoms with Crippen LogP contribution in [0.1, 0.15) is 24.9 Å². The van der Waals surface area contributed by atoms with Gasteiger partial charge in [0.15, 0.2) is 0 Å². The minimum atomic E-state index is 0.215. The van der Waals surface area contributed by atoms with Crippen LogP contribution in [0.3, 0.4) is 0 Å². The molecule has 0 heterocycles. The molecule has 0 saturated carbocycles. The maximum Gasteiger partial charge on any atom is 0.118 e. The molecule has 0 aromatic heterocycles. The van der Waals surface area contributed by atoms with Crippen LogP contribution in [-0.2, 0) is 0 Å². The van der Waals surface area contributed by atoms with E-state index < -0.39 is 0 Å². The van der Waals surface area contributed by atoms with E-state index in [1.807, 2.05) is 24.3 Å². The van der Waals surface area contributed by atoms with E-state index in [0.717, 1.165) is 17.9 Å². The smallest absolute Gasteiger partial charge is 0.118 e. The quantitative estimate of drug-likeness (QED) is 0.851. The number of hydrogen-bond donors (Lipinski definition) is 2. The van der Waals surface area contributed by atoms with Crippen molar-refractivity contribution in [2.45, 2.75) is 19.4 Å². The highest BCUT2D eigenvalue weighted by molar-refractivity contribution is 5.49. The van der Waals surface area contributed by atoms with E-state index in [2.05, 4.69) is 24.4 Å². The molecule has 100 valence electrons. The molecule has 2 aromatic rings. The SMILES string of the molecule is CCC(Nc1cccc(O)c1)c1ccc(OC)cc1. The standard InChI is InChI=1S/C16H19NO2/c1-3-16(12-7-9-15(19-2)10-8-12)17-13-5-4-6-14(18)11-13/h4-11,16-18H,3H2,1-2H3. The maximum atomic E-state index is 9.48. The highest BCUT2D eigenvalue weighted by Crippen LogP contribution is 2.25. The van der Waals surface area contributed by atoms with Crippen molar-refractivity contribution in [1.29, 1.82) is 0 Å². The van der Waals surface area contributed by atoms with Crippen LogP contribution < -0.4 is 10.1 Å². The minimum absolute atomic E-state index is 0.215. The van der Waals surface area contributed by atoms with E-state index in [9.17, 15) is 5.11 Å². The van der Waals surface area contributed by atoms with Gasteiger partial charge in [0, 0.05) is 11.8 Å². The third kappa shape index (κ3) is 3.41. The van der Waals surface area contributed by atoms with Crippen LogP contribution in [0, 0.1) is 0 Å². The zero-order chi connectivity index (χ0) is 13.7. The molecule has 1 atom stereocenters. The number of phenols is 1. The van der Waals surface area contributed by atoms with Gasteiger partial charge in [0.1, 0.15) is 11.5 Å². The highest BCUT2D eigenvalue weighted by atomic mass is 16.5. The Morgan fingerprint density at radius 1 is 1.16 bits per heavy atom. The van der Waals surface area contributed by atoms with Crippen LogP contribution in [0.4, 0.5) is 5.69 Å². The number of aromatic hydroxyl groups is 1. The zero-order valence-corrected chi connectivity index (χ0v) is 11.3. The highest BCUT2D eigenvalue weighted by Gasteiger charge is 2.09. The monoisotopic (exact) mass is 257 g/mol. The van der Waals surface area contributed by atoms with Crippen molar-refractivity contribution in [2.75, 3.05) is 12.4 Å². The maximum absolute atomic E-state index is 9.48. The average molecular weight is 257 g/mol. The van der Waals surface area contributed by atoms with Crippen molar-refractivity contribution < 1.29 is 9.84 Å². The Kier molecular flexibility index (Phi) is 4.29. The van der Waals surface area contributed by atoms with Crippen LogP contribution in [0.5, 0.6) is 11.5 Å². The summed E-state index contributed by atoms with van der Waals surface area (Å²) in [5.41, 5.74) is 2.12. The normalized spacial score (nSPS) is 11.9. The number of benzene rings is 2. The summed E-state index contributed by atoms with van der Waals surface area (Å²) < 4.78 is 5.16. The van der Waals surface area contributed by atoms with Crippen molar-refractivity contribution in [2.24, 2.45) is 0 Å². The largest absolute Gasteiger partial charge is 0.508 e. The van der Waals surface area contributed by atoms with Crippen LogP contribution in [0.2, 0.25) is 0 Å². The summed E-state index contributed by atoms with van der Waals surface area (Å²) in [5, 5.41) is 12.9. The second-order valence-electron chi connectivity index (χ2n) is 4.43. The fourth-order valence-electron chi connectivity index (χ4n) is 2.05. The van der Waals surface area contributed by atoms with Gasteiger partial charge in [-0.1, -0.05) is 25.1 Å². The van der Waals surface area contributed by atoms with Crippen molar-refractivity contribution in [3.05, 3.63) is 54.1 Å². The van der Waals surface area contributed by atoms with Gasteiger partial charge in [-0.25, -0.2) is 0 Å². The second kappa shape index (κ2) is 6.14. The van der Waals surface area contributed by atoms with Gasteiger partial charge in [-0.05, 0) is 36.2 Å². The number of nitrogens with one attached hydrogen (secondary N) is 1. The number of phenolic OH excluding ortho intramolecular Hbond substituents is 1. The van der Waals surface area contributed by atoms with Gasteiger partial charge in [0.25, 0.3) is 0 Å². The molecule has 1 unspecified atom stereocenters. The predicted molar refractivity (Wildman–Crippen MR) is 77.8 cm³/mol. The van der Waals surface area contributed by atoms with Crippen molar-refractivity contribution in [1.82, 2.24) is 0 Å². The van der Waals surface area contributed by atoms with Gasteiger partial charge in [0.2, 0.25) is 0 Å². The molecule has 0 fully saturated rings. The van der Waals surface area contributed by atoms with Crippen molar-refractivity contribution in [3.63, 3.8) is 0 Å². The fourth-order valence-corrected chi connectivity index (χ4v) is 2.05. The molecule has 0 aliphatic carbocycles. The van der Waals surface area contributed by atoms with Crippen LogP contribution in [-0.4, -0.2) is 12.2 Å². The Morgan fingerprint density at radius 2 is 1.89 bits per heavy atom. The van der Waals surface area contributed by atoms with E-state index in [-0.39, 0.29) is 11.8 Å². The molecule has 19 heavy (non-hydrogen) atoms. The lowest BCUT2D eigenvalue weighted by Gasteiger charge is -2.19. The molecule has 0 aliphatic rings. The molecule has 2 rings (SSSR count). The van der Waals surface area contributed by atoms with Crippen LogP contribution in [0.15, 0.2) is 48.5 Å². The van der Waals surface area contributed by atoms with Crippen molar-refractivity contribution >= 4 is 5.69 Å². The summed E-state index contributed by atoms with van der Waals surface area (Å²) in [6.07, 6.45) is 0.960. The zero-order valence-electron chi connectivity index (χ0n) is 11.3. The first-order valence-electron chi connectivity index (χ1n) is 6.42. The molecule has 0 amide bonds. The number of ether oxygens (including phenoxy) is 1. The second-order valence-corrected chi connectivity index (χ2v) is 4.43. The van der Waals surface area contributed by atoms with E-state index >= 15 is 0 Å². The van der Waals surface area contributed by atoms with Crippen LogP contribution >= 0.6 is 0 Å². The summed E-state index contributed by atoms with van der Waals surface area (Å²) in [4.78, 5) is 0. The third-order valence-electron chi connectivity index (χ3n) is 3.11. The molecule has 0 saturated heterocycles. The molecule has 3 nitrogen and oxygen atoms in total. The lowest BCUT2D eigenvalue weighted by atomic mass is 10.0. The molecule has 2 aromatic carbocycles. The molecule has 0 aliphatic heterocycles. The molecule has 2 N–H and O–H groups in total. The Hall–Kier alpha value is -2.16. The Balaban J connectivity index is 2.15. The first kappa shape index (κ1) is 13.3. The van der Waals surface area contributed by atoms with Gasteiger partial charge in [-0.3, -0.25) is 0 Å².